The molecule has 2 atom stereocenters. The van der Waals surface area contributed by atoms with Crippen LogP contribution in [0.25, 0.3) is 0 Å². The van der Waals surface area contributed by atoms with E-state index in [0.717, 1.165) is 19.5 Å². The number of benzene rings is 1. The predicted octanol–water partition coefficient (Wildman–Crippen LogP) is 2.38. The van der Waals surface area contributed by atoms with E-state index in [0.29, 0.717) is 30.5 Å². The van der Waals surface area contributed by atoms with Gasteiger partial charge in [0.2, 0.25) is 0 Å². The molecule has 0 saturated heterocycles. The summed E-state index contributed by atoms with van der Waals surface area (Å²) >= 11 is 0. The lowest BCUT2D eigenvalue weighted by atomic mass is 10.1. The van der Waals surface area contributed by atoms with Crippen LogP contribution in [0.15, 0.2) is 24.3 Å². The van der Waals surface area contributed by atoms with Gasteiger partial charge in [0.15, 0.2) is 0 Å². The highest BCUT2D eigenvalue weighted by Crippen LogP contribution is 2.14. The van der Waals surface area contributed by atoms with E-state index < -0.39 is 6.10 Å². The summed E-state index contributed by atoms with van der Waals surface area (Å²) in [5.74, 6) is 1.35. The second-order valence-corrected chi connectivity index (χ2v) is 5.40. The van der Waals surface area contributed by atoms with Crippen molar-refractivity contribution in [1.29, 1.82) is 0 Å². The minimum absolute atomic E-state index is 0.292. The van der Waals surface area contributed by atoms with Gasteiger partial charge in [-0.05, 0) is 24.6 Å². The Hall–Kier alpha value is -1.26. The van der Waals surface area contributed by atoms with Crippen LogP contribution < -0.4 is 10.5 Å². The standard InChI is InChI=1S/C16H28N2O2/c1-4-13(3)10-18(5-2)11-15(19)12-20-16-8-6-7-14(17)9-16/h6-9,13,15,19H,4-5,10-12,17H2,1-3H3. The summed E-state index contributed by atoms with van der Waals surface area (Å²) < 4.78 is 5.57. The molecule has 0 fully saturated rings. The van der Waals surface area contributed by atoms with Crippen molar-refractivity contribution in [3.05, 3.63) is 24.3 Å². The normalized spacial score (nSPS) is 14.2. The van der Waals surface area contributed by atoms with Gasteiger partial charge in [-0.25, -0.2) is 0 Å². The molecule has 0 heterocycles. The lowest BCUT2D eigenvalue weighted by Crippen LogP contribution is -2.37. The first-order chi connectivity index (χ1) is 9.55. The lowest BCUT2D eigenvalue weighted by Gasteiger charge is -2.26. The first kappa shape index (κ1) is 16.8. The Balaban J connectivity index is 2.36. The number of nitrogens with two attached hydrogens (primary N) is 1. The molecule has 0 amide bonds. The Kier molecular flexibility index (Phi) is 7.41. The number of nitrogen functional groups attached to an aromatic ring is 1. The molecule has 1 rings (SSSR count). The van der Waals surface area contributed by atoms with Crippen LogP contribution in [0, 0.1) is 5.92 Å². The highest BCUT2D eigenvalue weighted by molar-refractivity contribution is 5.43. The van der Waals surface area contributed by atoms with Crippen molar-refractivity contribution < 1.29 is 9.84 Å². The van der Waals surface area contributed by atoms with Crippen LogP contribution >= 0.6 is 0 Å². The molecule has 4 heteroatoms. The quantitative estimate of drug-likeness (QED) is 0.682. The summed E-state index contributed by atoms with van der Waals surface area (Å²) in [6.45, 7) is 9.44. The zero-order chi connectivity index (χ0) is 15.0. The number of anilines is 1. The maximum Gasteiger partial charge on any atom is 0.121 e. The highest BCUT2D eigenvalue weighted by atomic mass is 16.5. The van der Waals surface area contributed by atoms with Gasteiger partial charge >= 0.3 is 0 Å². The van der Waals surface area contributed by atoms with Crippen LogP contribution in [0.3, 0.4) is 0 Å². The molecule has 1 aromatic rings. The SMILES string of the molecule is CCC(C)CN(CC)CC(O)COc1cccc(N)c1. The molecule has 114 valence electrons. The summed E-state index contributed by atoms with van der Waals surface area (Å²) in [6, 6.07) is 7.27. The van der Waals surface area contributed by atoms with Crippen molar-refractivity contribution in [3.8, 4) is 5.75 Å². The van der Waals surface area contributed by atoms with E-state index >= 15 is 0 Å². The van der Waals surface area contributed by atoms with Crippen LogP contribution in [0.5, 0.6) is 5.75 Å². The molecule has 0 radical (unpaired) electrons. The Labute approximate surface area is 122 Å². The number of aliphatic hydroxyl groups excluding tert-OH is 1. The van der Waals surface area contributed by atoms with E-state index in [1.54, 1.807) is 6.07 Å². The van der Waals surface area contributed by atoms with Crippen molar-refractivity contribution in [1.82, 2.24) is 4.90 Å². The van der Waals surface area contributed by atoms with E-state index in [4.69, 9.17) is 10.5 Å². The second-order valence-electron chi connectivity index (χ2n) is 5.40. The van der Waals surface area contributed by atoms with Gasteiger partial charge < -0.3 is 20.5 Å². The topological polar surface area (TPSA) is 58.7 Å². The molecule has 4 nitrogen and oxygen atoms in total. The molecule has 0 aliphatic carbocycles. The Morgan fingerprint density at radius 1 is 1.30 bits per heavy atom. The van der Waals surface area contributed by atoms with Crippen molar-refractivity contribution in [2.75, 3.05) is 32.0 Å². The number of likely N-dealkylation sites (N-methyl/N-ethyl adjacent to an activating group) is 1. The van der Waals surface area contributed by atoms with Gasteiger partial charge in [-0.15, -0.1) is 0 Å². The minimum atomic E-state index is -0.486. The summed E-state index contributed by atoms with van der Waals surface area (Å²) in [7, 11) is 0. The van der Waals surface area contributed by atoms with Gasteiger partial charge in [-0.1, -0.05) is 33.3 Å². The Morgan fingerprint density at radius 3 is 2.65 bits per heavy atom. The number of rotatable bonds is 9. The van der Waals surface area contributed by atoms with E-state index in [9.17, 15) is 5.11 Å². The molecular weight excluding hydrogens is 252 g/mol. The Bertz CT molecular complexity index is 384. The third-order valence-electron chi connectivity index (χ3n) is 3.48. The van der Waals surface area contributed by atoms with Crippen molar-refractivity contribution in [3.63, 3.8) is 0 Å². The van der Waals surface area contributed by atoms with Crippen LogP contribution in [0.1, 0.15) is 27.2 Å². The summed E-state index contributed by atoms with van der Waals surface area (Å²) in [4.78, 5) is 2.27. The molecule has 0 aromatic heterocycles. The number of ether oxygens (including phenoxy) is 1. The average molecular weight is 280 g/mol. The van der Waals surface area contributed by atoms with Crippen LogP contribution in [-0.4, -0.2) is 42.4 Å². The molecule has 0 aliphatic heterocycles. The van der Waals surface area contributed by atoms with E-state index in [1.807, 2.05) is 18.2 Å². The monoisotopic (exact) mass is 280 g/mol. The molecule has 1 aromatic carbocycles. The maximum atomic E-state index is 10.1. The summed E-state index contributed by atoms with van der Waals surface area (Å²) in [5.41, 5.74) is 6.36. The zero-order valence-electron chi connectivity index (χ0n) is 12.9. The van der Waals surface area contributed by atoms with Gasteiger partial charge in [0.05, 0.1) is 0 Å². The molecule has 0 spiro atoms. The summed E-state index contributed by atoms with van der Waals surface area (Å²) in [6.07, 6.45) is 0.673. The molecule has 0 bridgehead atoms. The first-order valence-corrected chi connectivity index (χ1v) is 7.43. The van der Waals surface area contributed by atoms with E-state index in [2.05, 4.69) is 25.7 Å². The molecule has 20 heavy (non-hydrogen) atoms. The number of hydrogen-bond acceptors (Lipinski definition) is 4. The van der Waals surface area contributed by atoms with Gasteiger partial charge in [-0.3, -0.25) is 0 Å². The number of hydrogen-bond donors (Lipinski definition) is 2. The summed E-state index contributed by atoms with van der Waals surface area (Å²) in [5, 5.41) is 10.1. The third-order valence-corrected chi connectivity index (χ3v) is 3.48. The maximum absolute atomic E-state index is 10.1. The number of nitrogens with zero attached hydrogens (tertiary/aromatic N) is 1. The largest absolute Gasteiger partial charge is 0.491 e. The Morgan fingerprint density at radius 2 is 2.05 bits per heavy atom. The van der Waals surface area contributed by atoms with Crippen LogP contribution in [-0.2, 0) is 0 Å². The third kappa shape index (κ3) is 6.26. The fourth-order valence-corrected chi connectivity index (χ4v) is 2.05. The molecule has 3 N–H and O–H groups in total. The highest BCUT2D eigenvalue weighted by Gasteiger charge is 2.13. The van der Waals surface area contributed by atoms with Crippen molar-refractivity contribution >= 4 is 5.69 Å². The fourth-order valence-electron chi connectivity index (χ4n) is 2.05. The number of aliphatic hydroxyl groups is 1. The smallest absolute Gasteiger partial charge is 0.121 e. The first-order valence-electron chi connectivity index (χ1n) is 7.43. The lowest BCUT2D eigenvalue weighted by molar-refractivity contribution is 0.0652. The van der Waals surface area contributed by atoms with Crippen LogP contribution in [0.4, 0.5) is 5.69 Å². The zero-order valence-corrected chi connectivity index (χ0v) is 12.9. The van der Waals surface area contributed by atoms with E-state index in [1.165, 1.54) is 0 Å². The van der Waals surface area contributed by atoms with E-state index in [-0.39, 0.29) is 0 Å². The fraction of sp³-hybridized carbons (Fsp3) is 0.625. The molecule has 0 aliphatic rings. The molecule has 0 saturated carbocycles. The average Bonchev–Trinajstić information content (AvgIpc) is 2.44. The van der Waals surface area contributed by atoms with Gasteiger partial charge in [0, 0.05) is 24.8 Å². The van der Waals surface area contributed by atoms with Crippen molar-refractivity contribution in [2.45, 2.75) is 33.3 Å². The second kappa shape index (κ2) is 8.82. The molecular formula is C16H28N2O2. The minimum Gasteiger partial charge on any atom is -0.491 e. The van der Waals surface area contributed by atoms with Gasteiger partial charge in [0.1, 0.15) is 18.5 Å². The van der Waals surface area contributed by atoms with Crippen molar-refractivity contribution in [2.24, 2.45) is 5.92 Å². The van der Waals surface area contributed by atoms with Crippen LogP contribution in [0.2, 0.25) is 0 Å². The molecule has 2 unspecified atom stereocenters. The van der Waals surface area contributed by atoms with Gasteiger partial charge in [-0.2, -0.15) is 0 Å². The van der Waals surface area contributed by atoms with Gasteiger partial charge in [0.25, 0.3) is 0 Å². The predicted molar refractivity (Wildman–Crippen MR) is 83.9 cm³/mol.